The van der Waals surface area contributed by atoms with Crippen molar-refractivity contribution in [1.29, 1.82) is 0 Å². The summed E-state index contributed by atoms with van der Waals surface area (Å²) in [4.78, 5) is 12.0. The number of phenolic OH excluding ortho intramolecular Hbond substituents is 1. The number of hydrazone groups is 1. The summed E-state index contributed by atoms with van der Waals surface area (Å²) in [6.07, 6.45) is 1.49. The lowest BCUT2D eigenvalue weighted by molar-refractivity contribution is 0.0955. The van der Waals surface area contributed by atoms with Crippen LogP contribution < -0.4 is 10.2 Å². The van der Waals surface area contributed by atoms with Crippen LogP contribution in [0.5, 0.6) is 11.5 Å². The van der Waals surface area contributed by atoms with Crippen LogP contribution in [-0.4, -0.2) is 17.2 Å². The zero-order chi connectivity index (χ0) is 20.8. The Morgan fingerprint density at radius 3 is 2.52 bits per heavy atom. The topological polar surface area (TPSA) is 70.9 Å². The van der Waals surface area contributed by atoms with Crippen LogP contribution in [0.2, 0.25) is 15.1 Å². The van der Waals surface area contributed by atoms with Crippen molar-refractivity contribution in [2.75, 3.05) is 0 Å². The Bertz CT molecular complexity index is 1050. The average Bonchev–Trinajstić information content (AvgIpc) is 2.71. The van der Waals surface area contributed by atoms with Crippen molar-refractivity contribution in [3.05, 3.63) is 92.4 Å². The Morgan fingerprint density at radius 2 is 1.76 bits per heavy atom. The molecule has 1 amide bonds. The lowest BCUT2D eigenvalue weighted by atomic mass is 10.2. The van der Waals surface area contributed by atoms with E-state index in [9.17, 15) is 9.90 Å². The van der Waals surface area contributed by atoms with Gasteiger partial charge in [-0.2, -0.15) is 5.10 Å². The third-order valence-corrected chi connectivity index (χ3v) is 5.09. The molecule has 0 bridgehead atoms. The van der Waals surface area contributed by atoms with Crippen LogP contribution in [0.25, 0.3) is 0 Å². The highest BCUT2D eigenvalue weighted by Gasteiger charge is 2.10. The van der Waals surface area contributed by atoms with E-state index in [4.69, 9.17) is 39.5 Å². The maximum Gasteiger partial charge on any atom is 0.271 e. The zero-order valence-corrected chi connectivity index (χ0v) is 17.2. The first kappa shape index (κ1) is 21.0. The van der Waals surface area contributed by atoms with Crippen LogP contribution in [0.3, 0.4) is 0 Å². The van der Waals surface area contributed by atoms with Gasteiger partial charge in [0.05, 0.1) is 16.3 Å². The minimum Gasteiger partial charge on any atom is -0.508 e. The number of carbonyl (C=O) groups excluding carboxylic acids is 1. The second kappa shape index (κ2) is 9.65. The van der Waals surface area contributed by atoms with Crippen molar-refractivity contribution in [2.45, 2.75) is 6.61 Å². The molecule has 2 N–H and O–H groups in total. The lowest BCUT2D eigenvalue weighted by Crippen LogP contribution is -2.17. The van der Waals surface area contributed by atoms with E-state index in [1.165, 1.54) is 30.5 Å². The zero-order valence-electron chi connectivity index (χ0n) is 14.9. The molecule has 0 saturated carbocycles. The van der Waals surface area contributed by atoms with E-state index in [2.05, 4.69) is 10.5 Å². The maximum absolute atomic E-state index is 12.0. The summed E-state index contributed by atoms with van der Waals surface area (Å²) in [6, 6.07) is 16.3. The summed E-state index contributed by atoms with van der Waals surface area (Å²) < 4.78 is 5.76. The molecule has 0 spiro atoms. The Labute approximate surface area is 182 Å². The molecule has 0 fully saturated rings. The third kappa shape index (κ3) is 5.64. The lowest BCUT2D eigenvalue weighted by Gasteiger charge is -2.11. The van der Waals surface area contributed by atoms with Crippen LogP contribution in [0, 0.1) is 0 Å². The van der Waals surface area contributed by atoms with Crippen LogP contribution in [-0.2, 0) is 6.61 Å². The second-order valence-electron chi connectivity index (χ2n) is 5.93. The Balaban J connectivity index is 1.62. The second-order valence-corrected chi connectivity index (χ2v) is 7.12. The number of ether oxygens (including phenoxy) is 1. The Kier molecular flexibility index (Phi) is 6.99. The summed E-state index contributed by atoms with van der Waals surface area (Å²) >= 11 is 18.4. The number of rotatable bonds is 6. The molecular weight excluding hydrogens is 435 g/mol. The number of aromatic hydroxyl groups is 1. The highest BCUT2D eigenvalue weighted by molar-refractivity contribution is 6.44. The van der Waals surface area contributed by atoms with Gasteiger partial charge in [-0.1, -0.05) is 46.9 Å². The van der Waals surface area contributed by atoms with Crippen molar-refractivity contribution in [3.63, 3.8) is 0 Å². The third-order valence-electron chi connectivity index (χ3n) is 3.89. The summed E-state index contributed by atoms with van der Waals surface area (Å²) in [5, 5.41) is 14.4. The van der Waals surface area contributed by atoms with E-state index < -0.39 is 0 Å². The average molecular weight is 450 g/mol. The fraction of sp³-hybridized carbons (Fsp3) is 0.0476. The number of hydrogen-bond acceptors (Lipinski definition) is 4. The molecule has 0 aromatic heterocycles. The smallest absolute Gasteiger partial charge is 0.271 e. The molecule has 0 aliphatic rings. The molecule has 5 nitrogen and oxygen atoms in total. The molecule has 0 saturated heterocycles. The van der Waals surface area contributed by atoms with Crippen LogP contribution in [0.15, 0.2) is 65.8 Å². The van der Waals surface area contributed by atoms with Crippen LogP contribution in [0.1, 0.15) is 21.5 Å². The first-order valence-electron chi connectivity index (χ1n) is 8.41. The van der Waals surface area contributed by atoms with Crippen molar-refractivity contribution in [1.82, 2.24) is 5.43 Å². The maximum atomic E-state index is 12.0. The minimum absolute atomic E-state index is 0.0854. The van der Waals surface area contributed by atoms with Crippen molar-refractivity contribution in [2.24, 2.45) is 5.10 Å². The Hall–Kier alpha value is -2.73. The number of hydrogen-bond donors (Lipinski definition) is 2. The fourth-order valence-electron chi connectivity index (χ4n) is 2.38. The van der Waals surface area contributed by atoms with E-state index in [1.807, 2.05) is 6.07 Å². The highest BCUT2D eigenvalue weighted by atomic mass is 35.5. The molecule has 3 aromatic carbocycles. The van der Waals surface area contributed by atoms with E-state index in [-0.39, 0.29) is 18.3 Å². The van der Waals surface area contributed by atoms with Gasteiger partial charge in [0.2, 0.25) is 0 Å². The molecule has 0 atom stereocenters. The fourth-order valence-corrected chi connectivity index (χ4v) is 3.04. The van der Waals surface area contributed by atoms with E-state index >= 15 is 0 Å². The molecule has 0 aliphatic heterocycles. The van der Waals surface area contributed by atoms with Gasteiger partial charge in [-0.25, -0.2) is 5.43 Å². The van der Waals surface area contributed by atoms with Crippen molar-refractivity contribution >= 4 is 46.9 Å². The largest absolute Gasteiger partial charge is 0.508 e. The van der Waals surface area contributed by atoms with Gasteiger partial charge in [0.15, 0.2) is 0 Å². The molecule has 0 heterocycles. The highest BCUT2D eigenvalue weighted by Crippen LogP contribution is 2.32. The normalized spacial score (nSPS) is 10.9. The number of nitrogens with zero attached hydrogens (tertiary/aromatic N) is 1. The minimum atomic E-state index is -0.390. The van der Waals surface area contributed by atoms with Gasteiger partial charge in [-0.05, 0) is 54.1 Å². The summed E-state index contributed by atoms with van der Waals surface area (Å²) in [7, 11) is 0. The van der Waals surface area contributed by atoms with E-state index in [1.54, 1.807) is 30.3 Å². The number of carbonyl (C=O) groups is 1. The van der Waals surface area contributed by atoms with E-state index in [0.29, 0.717) is 31.9 Å². The molecule has 0 unspecified atom stereocenters. The molecule has 8 heteroatoms. The van der Waals surface area contributed by atoms with Gasteiger partial charge in [0, 0.05) is 16.1 Å². The van der Waals surface area contributed by atoms with Gasteiger partial charge in [-0.3, -0.25) is 4.79 Å². The quantitative estimate of drug-likeness (QED) is 0.288. The predicted octanol–water partition coefficient (Wildman–Crippen LogP) is 5.70. The van der Waals surface area contributed by atoms with Gasteiger partial charge < -0.3 is 9.84 Å². The first-order chi connectivity index (χ1) is 13.9. The molecule has 3 aromatic rings. The Morgan fingerprint density at radius 1 is 1.03 bits per heavy atom. The number of phenols is 1. The number of benzene rings is 3. The molecule has 0 radical (unpaired) electrons. The summed E-state index contributed by atoms with van der Waals surface area (Å²) in [6.45, 7) is 0.149. The van der Waals surface area contributed by atoms with E-state index in [0.717, 1.165) is 5.56 Å². The monoisotopic (exact) mass is 448 g/mol. The van der Waals surface area contributed by atoms with Gasteiger partial charge in [-0.15, -0.1) is 0 Å². The summed E-state index contributed by atoms with van der Waals surface area (Å²) in [5.74, 6) is 0.270. The van der Waals surface area contributed by atoms with Crippen LogP contribution >= 0.6 is 34.8 Å². The molecular formula is C21H15Cl3N2O3. The van der Waals surface area contributed by atoms with Gasteiger partial charge in [0.1, 0.15) is 18.1 Å². The molecule has 0 aliphatic carbocycles. The van der Waals surface area contributed by atoms with Gasteiger partial charge in [0.25, 0.3) is 5.91 Å². The van der Waals surface area contributed by atoms with Crippen molar-refractivity contribution in [3.8, 4) is 11.5 Å². The number of nitrogens with one attached hydrogen (secondary N) is 1. The SMILES string of the molecule is O=C(N/N=C/c1cccc(OCc2c(Cl)ccc(Cl)c2Cl)c1)c1ccc(O)cc1. The number of amides is 1. The number of halogens is 3. The van der Waals surface area contributed by atoms with Gasteiger partial charge >= 0.3 is 0 Å². The first-order valence-corrected chi connectivity index (χ1v) is 9.55. The summed E-state index contributed by atoms with van der Waals surface area (Å²) in [5.41, 5.74) is 4.12. The van der Waals surface area contributed by atoms with Crippen molar-refractivity contribution < 1.29 is 14.6 Å². The molecule has 3 rings (SSSR count). The standard InChI is InChI=1S/C21H15Cl3N2O3/c22-18-8-9-19(23)20(24)17(18)12-29-16-3-1-2-13(10-16)11-25-26-21(28)14-4-6-15(27)7-5-14/h1-11,27H,12H2,(H,26,28)/b25-11+. The molecule has 148 valence electrons. The predicted molar refractivity (Wildman–Crippen MR) is 115 cm³/mol. The molecule has 29 heavy (non-hydrogen) atoms. The van der Waals surface area contributed by atoms with Crippen LogP contribution in [0.4, 0.5) is 0 Å².